The van der Waals surface area contributed by atoms with Crippen LogP contribution in [0.4, 0.5) is 5.69 Å². The minimum Gasteiger partial charge on any atom is -0.464 e. The predicted octanol–water partition coefficient (Wildman–Crippen LogP) is 3.69. The summed E-state index contributed by atoms with van der Waals surface area (Å²) in [6.07, 6.45) is 1.30. The Morgan fingerprint density at radius 3 is 2.85 bits per heavy atom. The number of likely N-dealkylation sites (N-methyl/N-ethyl adjacent to an activating group) is 1. The molecular formula is C16H16ClNO2. The molecule has 3 rings (SSSR count). The lowest BCUT2D eigenvalue weighted by Gasteiger charge is -2.12. The van der Waals surface area contributed by atoms with E-state index in [4.69, 9.17) is 16.0 Å². The molecule has 1 aliphatic heterocycles. The van der Waals surface area contributed by atoms with Crippen LogP contribution in [0.25, 0.3) is 0 Å². The summed E-state index contributed by atoms with van der Waals surface area (Å²) in [7, 11) is 1.80. The molecule has 2 heterocycles. The Morgan fingerprint density at radius 2 is 2.15 bits per heavy atom. The van der Waals surface area contributed by atoms with Gasteiger partial charge in [-0.05, 0) is 29.3 Å². The first-order valence-electron chi connectivity index (χ1n) is 6.72. The third kappa shape index (κ3) is 2.12. The Labute approximate surface area is 123 Å². The maximum Gasteiger partial charge on any atom is 0.231 e. The lowest BCUT2D eigenvalue weighted by molar-refractivity contribution is -0.117. The topological polar surface area (TPSA) is 33.5 Å². The van der Waals surface area contributed by atoms with Crippen LogP contribution >= 0.6 is 11.6 Å². The van der Waals surface area contributed by atoms with Gasteiger partial charge in [0.25, 0.3) is 0 Å². The van der Waals surface area contributed by atoms with E-state index in [2.05, 4.69) is 0 Å². The molecule has 0 radical (unpaired) electrons. The van der Waals surface area contributed by atoms with Gasteiger partial charge in [-0.3, -0.25) is 4.79 Å². The molecule has 0 N–H and O–H groups in total. The van der Waals surface area contributed by atoms with Gasteiger partial charge in [-0.1, -0.05) is 19.1 Å². The van der Waals surface area contributed by atoms with Crippen LogP contribution in [0.15, 0.2) is 34.7 Å². The molecule has 104 valence electrons. The Hall–Kier alpha value is -1.74. The Morgan fingerprint density at radius 1 is 1.35 bits per heavy atom. The summed E-state index contributed by atoms with van der Waals surface area (Å²) in [5.74, 6) is 1.80. The van der Waals surface area contributed by atoms with Crippen molar-refractivity contribution >= 4 is 23.2 Å². The Balaban J connectivity index is 1.92. The van der Waals surface area contributed by atoms with E-state index in [-0.39, 0.29) is 11.3 Å². The second-order valence-corrected chi connectivity index (χ2v) is 5.47. The SMILES string of the molecule is CCc1ccc(C(Cl)c2ccc3c(c2)CC(=O)N3C)o1. The maximum absolute atomic E-state index is 11.7. The van der Waals surface area contributed by atoms with Crippen LogP contribution in [0.1, 0.15) is 34.9 Å². The van der Waals surface area contributed by atoms with Crippen LogP contribution in [0.5, 0.6) is 0 Å². The number of aryl methyl sites for hydroxylation is 1. The van der Waals surface area contributed by atoms with Crippen LogP contribution < -0.4 is 4.90 Å². The highest BCUT2D eigenvalue weighted by Gasteiger charge is 2.25. The second kappa shape index (κ2) is 4.98. The minimum absolute atomic E-state index is 0.120. The van der Waals surface area contributed by atoms with E-state index in [1.54, 1.807) is 11.9 Å². The van der Waals surface area contributed by atoms with Gasteiger partial charge < -0.3 is 9.32 Å². The van der Waals surface area contributed by atoms with Crippen LogP contribution in [0.2, 0.25) is 0 Å². The number of benzene rings is 1. The molecule has 0 spiro atoms. The molecule has 1 aromatic heterocycles. The van der Waals surface area contributed by atoms with Gasteiger partial charge in [0, 0.05) is 19.2 Å². The van der Waals surface area contributed by atoms with E-state index < -0.39 is 0 Å². The molecule has 0 bridgehead atoms. The third-order valence-corrected chi connectivity index (χ3v) is 4.22. The predicted molar refractivity (Wildman–Crippen MR) is 79.3 cm³/mol. The van der Waals surface area contributed by atoms with E-state index >= 15 is 0 Å². The average Bonchev–Trinajstić information content (AvgIpc) is 3.04. The molecule has 1 atom stereocenters. The third-order valence-electron chi connectivity index (χ3n) is 3.75. The molecule has 1 aromatic carbocycles. The van der Waals surface area contributed by atoms with Gasteiger partial charge in [0.05, 0.1) is 6.42 Å². The second-order valence-electron chi connectivity index (χ2n) is 5.04. The molecule has 1 aliphatic rings. The fraction of sp³-hybridized carbons (Fsp3) is 0.312. The van der Waals surface area contributed by atoms with Crippen LogP contribution in [-0.2, 0) is 17.6 Å². The number of hydrogen-bond donors (Lipinski definition) is 0. The normalized spacial score (nSPS) is 15.6. The van der Waals surface area contributed by atoms with E-state index in [1.807, 2.05) is 37.3 Å². The van der Waals surface area contributed by atoms with Crippen molar-refractivity contribution in [2.24, 2.45) is 0 Å². The van der Waals surface area contributed by atoms with E-state index in [9.17, 15) is 4.79 Å². The summed E-state index contributed by atoms with van der Waals surface area (Å²) >= 11 is 6.48. The van der Waals surface area contributed by atoms with Gasteiger partial charge in [-0.25, -0.2) is 0 Å². The average molecular weight is 290 g/mol. The van der Waals surface area contributed by atoms with E-state index in [1.165, 1.54) is 0 Å². The van der Waals surface area contributed by atoms with Crippen LogP contribution in [0, 0.1) is 0 Å². The number of hydrogen-bond acceptors (Lipinski definition) is 2. The molecule has 2 aromatic rings. The number of furan rings is 1. The van der Waals surface area contributed by atoms with Crippen molar-refractivity contribution in [1.82, 2.24) is 0 Å². The number of amides is 1. The highest BCUT2D eigenvalue weighted by molar-refractivity contribution is 6.22. The highest BCUT2D eigenvalue weighted by atomic mass is 35.5. The zero-order valence-corrected chi connectivity index (χ0v) is 12.3. The zero-order chi connectivity index (χ0) is 14.3. The lowest BCUT2D eigenvalue weighted by Crippen LogP contribution is -2.20. The number of fused-ring (bicyclic) bond motifs is 1. The number of anilines is 1. The molecule has 0 saturated carbocycles. The van der Waals surface area contributed by atoms with Crippen molar-refractivity contribution in [1.29, 1.82) is 0 Å². The summed E-state index contributed by atoms with van der Waals surface area (Å²) in [4.78, 5) is 13.4. The van der Waals surface area contributed by atoms with Gasteiger partial charge in [0.2, 0.25) is 5.91 Å². The number of alkyl halides is 1. The van der Waals surface area contributed by atoms with Crippen molar-refractivity contribution in [2.75, 3.05) is 11.9 Å². The number of nitrogens with zero attached hydrogens (tertiary/aromatic N) is 1. The first-order valence-corrected chi connectivity index (χ1v) is 7.16. The number of carbonyl (C=O) groups excluding carboxylic acids is 1. The zero-order valence-electron chi connectivity index (χ0n) is 11.5. The molecule has 1 amide bonds. The van der Waals surface area contributed by atoms with Crippen molar-refractivity contribution in [3.05, 3.63) is 53.0 Å². The van der Waals surface area contributed by atoms with Gasteiger partial charge in [-0.2, -0.15) is 0 Å². The molecule has 1 unspecified atom stereocenters. The smallest absolute Gasteiger partial charge is 0.231 e. The number of carbonyl (C=O) groups is 1. The quantitative estimate of drug-likeness (QED) is 0.808. The summed E-state index contributed by atoms with van der Waals surface area (Å²) in [5, 5.41) is -0.318. The molecular weight excluding hydrogens is 274 g/mol. The summed E-state index contributed by atoms with van der Waals surface area (Å²) < 4.78 is 5.70. The Kier molecular flexibility index (Phi) is 3.30. The summed E-state index contributed by atoms with van der Waals surface area (Å²) in [5.41, 5.74) is 2.96. The van der Waals surface area contributed by atoms with Crippen molar-refractivity contribution in [3.63, 3.8) is 0 Å². The number of rotatable bonds is 3. The van der Waals surface area contributed by atoms with Gasteiger partial charge >= 0.3 is 0 Å². The molecule has 3 nitrogen and oxygen atoms in total. The minimum atomic E-state index is -0.318. The van der Waals surface area contributed by atoms with Crippen molar-refractivity contribution in [2.45, 2.75) is 25.1 Å². The lowest BCUT2D eigenvalue weighted by atomic mass is 10.0. The molecule has 0 aliphatic carbocycles. The fourth-order valence-electron chi connectivity index (χ4n) is 2.53. The number of halogens is 1. The van der Waals surface area contributed by atoms with Gasteiger partial charge in [-0.15, -0.1) is 11.6 Å². The van der Waals surface area contributed by atoms with Crippen molar-refractivity contribution in [3.8, 4) is 0 Å². The molecule has 4 heteroatoms. The molecule has 0 saturated heterocycles. The summed E-state index contributed by atoms with van der Waals surface area (Å²) in [6, 6.07) is 9.79. The van der Waals surface area contributed by atoms with Crippen LogP contribution in [-0.4, -0.2) is 13.0 Å². The van der Waals surface area contributed by atoms with Crippen molar-refractivity contribution < 1.29 is 9.21 Å². The molecule has 0 fully saturated rings. The monoisotopic (exact) mass is 289 g/mol. The fourth-order valence-corrected chi connectivity index (χ4v) is 2.79. The molecule has 20 heavy (non-hydrogen) atoms. The van der Waals surface area contributed by atoms with Gasteiger partial charge in [0.15, 0.2) is 0 Å². The standard InChI is InChI=1S/C16H16ClNO2/c1-3-12-5-7-14(20-12)16(17)10-4-6-13-11(8-10)9-15(19)18(13)2/h4-8,16H,3,9H2,1-2H3. The van der Waals surface area contributed by atoms with Crippen LogP contribution in [0.3, 0.4) is 0 Å². The van der Waals surface area contributed by atoms with E-state index in [0.29, 0.717) is 6.42 Å². The van der Waals surface area contributed by atoms with Gasteiger partial charge in [0.1, 0.15) is 16.9 Å². The first-order chi connectivity index (χ1) is 9.60. The summed E-state index contributed by atoms with van der Waals surface area (Å²) in [6.45, 7) is 2.04. The maximum atomic E-state index is 11.7. The first kappa shape index (κ1) is 13.3. The van der Waals surface area contributed by atoms with E-state index in [0.717, 1.165) is 34.8 Å². The highest BCUT2D eigenvalue weighted by Crippen LogP contribution is 2.35. The Bertz CT molecular complexity index is 662. The largest absolute Gasteiger partial charge is 0.464 e.